The SMILES string of the molecule is CCCCNCC(C)OCC(C)N(CCCC)CCCC. The molecule has 0 aliphatic rings. The Balaban J connectivity index is 3.89. The molecule has 0 rings (SSSR count). The van der Waals surface area contributed by atoms with Gasteiger partial charge in [0.25, 0.3) is 0 Å². The topological polar surface area (TPSA) is 24.5 Å². The Morgan fingerprint density at radius 2 is 1.48 bits per heavy atom. The second-order valence-electron chi connectivity index (χ2n) is 6.29. The maximum absolute atomic E-state index is 6.02. The molecule has 0 bridgehead atoms. The highest BCUT2D eigenvalue weighted by atomic mass is 16.5. The van der Waals surface area contributed by atoms with Gasteiger partial charge in [-0.15, -0.1) is 0 Å². The van der Waals surface area contributed by atoms with E-state index in [2.05, 4.69) is 44.8 Å². The number of hydrogen-bond acceptors (Lipinski definition) is 3. The van der Waals surface area contributed by atoms with E-state index in [1.807, 2.05) is 0 Å². The quantitative estimate of drug-likeness (QED) is 0.461. The second-order valence-corrected chi connectivity index (χ2v) is 6.29. The lowest BCUT2D eigenvalue weighted by Crippen LogP contribution is -2.39. The molecule has 0 saturated heterocycles. The fourth-order valence-electron chi connectivity index (χ4n) is 2.35. The fraction of sp³-hybridized carbons (Fsp3) is 1.00. The molecule has 0 aromatic rings. The molecular formula is C18H40N2O. The first-order valence-electron chi connectivity index (χ1n) is 9.21. The molecule has 0 radical (unpaired) electrons. The molecule has 0 aliphatic carbocycles. The summed E-state index contributed by atoms with van der Waals surface area (Å²) in [6.45, 7) is 16.6. The molecule has 21 heavy (non-hydrogen) atoms. The van der Waals surface area contributed by atoms with Crippen molar-refractivity contribution in [3.05, 3.63) is 0 Å². The molecule has 0 aromatic heterocycles. The first kappa shape index (κ1) is 20.9. The summed E-state index contributed by atoms with van der Waals surface area (Å²) in [5, 5.41) is 3.47. The Hall–Kier alpha value is -0.120. The third-order valence-corrected chi connectivity index (χ3v) is 3.98. The Bertz CT molecular complexity index is 203. The van der Waals surface area contributed by atoms with Gasteiger partial charge in [0.05, 0.1) is 12.7 Å². The molecule has 3 heteroatoms. The van der Waals surface area contributed by atoms with E-state index in [1.165, 1.54) is 51.6 Å². The van der Waals surface area contributed by atoms with Crippen molar-refractivity contribution < 1.29 is 4.74 Å². The summed E-state index contributed by atoms with van der Waals surface area (Å²) in [5.74, 6) is 0. The lowest BCUT2D eigenvalue weighted by Gasteiger charge is -2.30. The summed E-state index contributed by atoms with van der Waals surface area (Å²) in [6, 6.07) is 0.529. The zero-order chi connectivity index (χ0) is 15.9. The zero-order valence-corrected chi connectivity index (χ0v) is 15.3. The van der Waals surface area contributed by atoms with Crippen LogP contribution in [0.15, 0.2) is 0 Å². The third kappa shape index (κ3) is 12.1. The minimum atomic E-state index is 0.309. The summed E-state index contributed by atoms with van der Waals surface area (Å²) in [6.07, 6.45) is 7.95. The normalized spacial score (nSPS) is 14.6. The van der Waals surface area contributed by atoms with Crippen LogP contribution in [0.2, 0.25) is 0 Å². The van der Waals surface area contributed by atoms with Crippen LogP contribution in [0.5, 0.6) is 0 Å². The summed E-state index contributed by atoms with van der Waals surface area (Å²) in [5.41, 5.74) is 0. The standard InChI is InChI=1S/C18H40N2O/c1-6-9-12-19-15-18(5)21-16-17(4)20(13-10-7-2)14-11-8-3/h17-19H,6-16H2,1-5H3. The van der Waals surface area contributed by atoms with E-state index in [0.29, 0.717) is 12.1 Å². The van der Waals surface area contributed by atoms with Crippen molar-refractivity contribution in [1.82, 2.24) is 10.2 Å². The number of unbranched alkanes of at least 4 members (excludes halogenated alkanes) is 3. The van der Waals surface area contributed by atoms with E-state index >= 15 is 0 Å². The van der Waals surface area contributed by atoms with Gasteiger partial charge in [-0.2, -0.15) is 0 Å². The summed E-state index contributed by atoms with van der Waals surface area (Å²) in [4.78, 5) is 2.60. The maximum atomic E-state index is 6.02. The van der Waals surface area contributed by atoms with Crippen LogP contribution in [0.4, 0.5) is 0 Å². The lowest BCUT2D eigenvalue weighted by atomic mass is 10.2. The summed E-state index contributed by atoms with van der Waals surface area (Å²) < 4.78 is 6.02. The molecule has 0 aromatic carbocycles. The van der Waals surface area contributed by atoms with E-state index in [4.69, 9.17) is 4.74 Å². The van der Waals surface area contributed by atoms with Crippen LogP contribution in [0, 0.1) is 0 Å². The Labute approximate surface area is 133 Å². The van der Waals surface area contributed by atoms with Gasteiger partial charge in [0.2, 0.25) is 0 Å². The first-order chi connectivity index (χ1) is 10.2. The number of nitrogens with one attached hydrogen (secondary N) is 1. The van der Waals surface area contributed by atoms with Gasteiger partial charge in [0.15, 0.2) is 0 Å². The van der Waals surface area contributed by atoms with Crippen molar-refractivity contribution in [3.8, 4) is 0 Å². The Morgan fingerprint density at radius 3 is 2.00 bits per heavy atom. The second kappa shape index (κ2) is 14.8. The molecule has 128 valence electrons. The molecule has 3 nitrogen and oxygen atoms in total. The molecule has 2 atom stereocenters. The van der Waals surface area contributed by atoms with E-state index in [-0.39, 0.29) is 0 Å². The molecule has 0 aliphatic heterocycles. The number of nitrogens with zero attached hydrogens (tertiary/aromatic N) is 1. The van der Waals surface area contributed by atoms with E-state index in [1.54, 1.807) is 0 Å². The minimum absolute atomic E-state index is 0.309. The highest BCUT2D eigenvalue weighted by molar-refractivity contribution is 4.68. The van der Waals surface area contributed by atoms with Crippen molar-refractivity contribution in [2.75, 3.05) is 32.8 Å². The Kier molecular flexibility index (Phi) is 14.7. The lowest BCUT2D eigenvalue weighted by molar-refractivity contribution is 0.0212. The van der Waals surface area contributed by atoms with Crippen LogP contribution in [0.1, 0.15) is 73.1 Å². The monoisotopic (exact) mass is 300 g/mol. The first-order valence-corrected chi connectivity index (χ1v) is 9.21. The van der Waals surface area contributed by atoms with Crippen LogP contribution in [0.25, 0.3) is 0 Å². The smallest absolute Gasteiger partial charge is 0.0672 e. The predicted molar refractivity (Wildman–Crippen MR) is 94.0 cm³/mol. The average Bonchev–Trinajstić information content (AvgIpc) is 2.49. The number of ether oxygens (including phenoxy) is 1. The molecule has 0 heterocycles. The van der Waals surface area contributed by atoms with Crippen molar-refractivity contribution in [2.24, 2.45) is 0 Å². The van der Waals surface area contributed by atoms with Gasteiger partial charge in [-0.05, 0) is 52.7 Å². The van der Waals surface area contributed by atoms with Gasteiger partial charge in [-0.3, -0.25) is 4.90 Å². The number of rotatable bonds is 15. The van der Waals surface area contributed by atoms with Crippen LogP contribution >= 0.6 is 0 Å². The van der Waals surface area contributed by atoms with Crippen LogP contribution < -0.4 is 5.32 Å². The summed E-state index contributed by atoms with van der Waals surface area (Å²) in [7, 11) is 0. The minimum Gasteiger partial charge on any atom is -0.376 e. The van der Waals surface area contributed by atoms with Crippen molar-refractivity contribution in [3.63, 3.8) is 0 Å². The molecule has 0 amide bonds. The van der Waals surface area contributed by atoms with Crippen molar-refractivity contribution in [2.45, 2.75) is 85.3 Å². The van der Waals surface area contributed by atoms with E-state index in [9.17, 15) is 0 Å². The van der Waals surface area contributed by atoms with Gasteiger partial charge in [0, 0.05) is 12.6 Å². The molecule has 0 fully saturated rings. The molecule has 1 N–H and O–H groups in total. The molecule has 0 spiro atoms. The van der Waals surface area contributed by atoms with Gasteiger partial charge >= 0.3 is 0 Å². The predicted octanol–water partition coefficient (Wildman–Crippen LogP) is 4.07. The van der Waals surface area contributed by atoms with Crippen LogP contribution in [0.3, 0.4) is 0 Å². The average molecular weight is 301 g/mol. The van der Waals surface area contributed by atoms with Crippen molar-refractivity contribution >= 4 is 0 Å². The highest BCUT2D eigenvalue weighted by Gasteiger charge is 2.14. The molecule has 2 unspecified atom stereocenters. The van der Waals surface area contributed by atoms with Crippen molar-refractivity contribution in [1.29, 1.82) is 0 Å². The van der Waals surface area contributed by atoms with E-state index in [0.717, 1.165) is 19.7 Å². The largest absolute Gasteiger partial charge is 0.376 e. The van der Waals surface area contributed by atoms with Crippen LogP contribution in [-0.4, -0.2) is 49.8 Å². The molecule has 0 saturated carbocycles. The summed E-state index contributed by atoms with van der Waals surface area (Å²) >= 11 is 0. The number of hydrogen-bond donors (Lipinski definition) is 1. The highest BCUT2D eigenvalue weighted by Crippen LogP contribution is 2.06. The van der Waals surface area contributed by atoms with Gasteiger partial charge in [-0.25, -0.2) is 0 Å². The van der Waals surface area contributed by atoms with Gasteiger partial charge in [-0.1, -0.05) is 40.0 Å². The fourth-order valence-corrected chi connectivity index (χ4v) is 2.35. The van der Waals surface area contributed by atoms with Crippen LogP contribution in [-0.2, 0) is 4.74 Å². The zero-order valence-electron chi connectivity index (χ0n) is 15.3. The Morgan fingerprint density at radius 1 is 0.905 bits per heavy atom. The third-order valence-electron chi connectivity index (χ3n) is 3.98. The maximum Gasteiger partial charge on any atom is 0.0672 e. The van der Waals surface area contributed by atoms with Gasteiger partial charge < -0.3 is 10.1 Å². The van der Waals surface area contributed by atoms with E-state index < -0.39 is 0 Å². The van der Waals surface area contributed by atoms with Gasteiger partial charge in [0.1, 0.15) is 0 Å². The molecular weight excluding hydrogens is 260 g/mol.